The minimum absolute atomic E-state index is 0. The van der Waals surface area contributed by atoms with E-state index in [4.69, 9.17) is 0 Å². The lowest BCUT2D eigenvalue weighted by Gasteiger charge is -2.06. The first-order valence-corrected chi connectivity index (χ1v) is 7.84. The van der Waals surface area contributed by atoms with Crippen molar-refractivity contribution in [3.05, 3.63) is 24.3 Å². The van der Waals surface area contributed by atoms with E-state index in [1.54, 1.807) is 0 Å². The highest BCUT2D eigenvalue weighted by atomic mass is 35.5. The molecule has 0 amide bonds. The first kappa shape index (κ1) is 13.7. The van der Waals surface area contributed by atoms with Gasteiger partial charge in [0, 0.05) is 6.54 Å². The van der Waals surface area contributed by atoms with Crippen LogP contribution in [0.2, 0.25) is 0 Å². The van der Waals surface area contributed by atoms with Gasteiger partial charge in [0.1, 0.15) is 0 Å². The number of nitrogens with zero attached hydrogens (tertiary/aromatic N) is 1. The van der Waals surface area contributed by atoms with Crippen molar-refractivity contribution in [3.8, 4) is 0 Å². The molecule has 0 bridgehead atoms. The zero-order valence-electron chi connectivity index (χ0n) is 9.50. The summed E-state index contributed by atoms with van der Waals surface area (Å²) in [5.74, 6) is 0. The van der Waals surface area contributed by atoms with Gasteiger partial charge in [0.25, 0.3) is 0 Å². The van der Waals surface area contributed by atoms with Gasteiger partial charge in [-0.05, 0) is 25.1 Å². The first-order chi connectivity index (χ1) is 8.18. The summed E-state index contributed by atoms with van der Waals surface area (Å²) in [6, 6.07) is 7.51. The summed E-state index contributed by atoms with van der Waals surface area (Å²) in [7, 11) is -3.26. The van der Waals surface area contributed by atoms with Gasteiger partial charge in [-0.25, -0.2) is 13.4 Å². The summed E-state index contributed by atoms with van der Waals surface area (Å²) >= 11 is 1.26. The van der Waals surface area contributed by atoms with E-state index < -0.39 is 9.84 Å². The van der Waals surface area contributed by atoms with Gasteiger partial charge in [-0.2, -0.15) is 0 Å². The van der Waals surface area contributed by atoms with E-state index in [1.165, 1.54) is 11.3 Å². The van der Waals surface area contributed by atoms with Gasteiger partial charge < -0.3 is 5.32 Å². The fourth-order valence-electron chi connectivity index (χ4n) is 2.01. The fraction of sp³-hybridized carbons (Fsp3) is 0.364. The number of hydrogen-bond donors (Lipinski definition) is 1. The highest BCUT2D eigenvalue weighted by Gasteiger charge is 2.32. The minimum atomic E-state index is -3.26. The Hall–Kier alpha value is -0.690. The smallest absolute Gasteiger partial charge is 0.210 e. The van der Waals surface area contributed by atoms with E-state index in [-0.39, 0.29) is 22.0 Å². The van der Waals surface area contributed by atoms with Crippen molar-refractivity contribution in [1.29, 1.82) is 0 Å². The molecule has 1 aromatic carbocycles. The second-order valence-corrected chi connectivity index (χ2v) is 7.54. The number of para-hydroxylation sites is 1. The first-order valence-electron chi connectivity index (χ1n) is 5.48. The lowest BCUT2D eigenvalue weighted by Crippen LogP contribution is -2.23. The normalized spacial score (nSPS) is 19.9. The molecule has 0 aliphatic carbocycles. The molecule has 18 heavy (non-hydrogen) atoms. The molecular weight excluding hydrogens is 292 g/mol. The van der Waals surface area contributed by atoms with E-state index in [0.29, 0.717) is 13.0 Å². The number of rotatable bonds is 2. The van der Waals surface area contributed by atoms with Crippen molar-refractivity contribution < 1.29 is 8.42 Å². The number of nitrogens with one attached hydrogen (secondary N) is 1. The average molecular weight is 305 g/mol. The third-order valence-corrected chi connectivity index (χ3v) is 6.61. The van der Waals surface area contributed by atoms with Crippen molar-refractivity contribution in [2.45, 2.75) is 16.0 Å². The van der Waals surface area contributed by atoms with Gasteiger partial charge in [-0.1, -0.05) is 12.1 Å². The Kier molecular flexibility index (Phi) is 3.91. The molecule has 98 valence electrons. The lowest BCUT2D eigenvalue weighted by atomic mass is 10.3. The molecule has 4 nitrogen and oxygen atoms in total. The summed E-state index contributed by atoms with van der Waals surface area (Å²) in [6.07, 6.45) is 0.679. The van der Waals surface area contributed by atoms with E-state index in [1.807, 2.05) is 24.3 Å². The fourth-order valence-corrected chi connectivity index (χ4v) is 5.12. The quantitative estimate of drug-likeness (QED) is 0.920. The van der Waals surface area contributed by atoms with Crippen molar-refractivity contribution >= 4 is 43.8 Å². The average Bonchev–Trinajstić information content (AvgIpc) is 2.98. The van der Waals surface area contributed by atoms with Crippen LogP contribution in [0.4, 0.5) is 0 Å². The van der Waals surface area contributed by atoms with Gasteiger partial charge in [0.2, 0.25) is 14.2 Å². The van der Waals surface area contributed by atoms with Crippen LogP contribution in [0, 0.1) is 0 Å². The van der Waals surface area contributed by atoms with Crippen LogP contribution in [0.15, 0.2) is 28.6 Å². The summed E-state index contributed by atoms with van der Waals surface area (Å²) in [5.41, 5.74) is 0.766. The zero-order valence-corrected chi connectivity index (χ0v) is 11.9. The van der Waals surface area contributed by atoms with E-state index in [0.717, 1.165) is 16.8 Å². The summed E-state index contributed by atoms with van der Waals surface area (Å²) < 4.78 is 25.8. The Balaban J connectivity index is 0.00000120. The molecule has 0 radical (unpaired) electrons. The molecule has 3 rings (SSSR count). The third-order valence-electron chi connectivity index (χ3n) is 2.97. The van der Waals surface area contributed by atoms with Crippen molar-refractivity contribution in [3.63, 3.8) is 0 Å². The van der Waals surface area contributed by atoms with E-state index in [2.05, 4.69) is 10.3 Å². The van der Waals surface area contributed by atoms with Gasteiger partial charge in [0.05, 0.1) is 15.5 Å². The van der Waals surface area contributed by atoms with Crippen LogP contribution in [0.5, 0.6) is 0 Å². The van der Waals surface area contributed by atoms with Crippen molar-refractivity contribution in [1.82, 2.24) is 10.3 Å². The molecule has 2 heterocycles. The standard InChI is InChI=1S/C11H12N2O2S2.ClH/c14-17(15,8-5-6-12-7-8)11-13-9-3-1-2-4-10(9)16-11;/h1-4,8,12H,5-7H2;1H/t8-;/m1./s1. The Morgan fingerprint density at radius 1 is 1.33 bits per heavy atom. The second-order valence-electron chi connectivity index (χ2n) is 4.11. The SMILES string of the molecule is Cl.O=S(=O)(c1nc2ccccc2s1)[C@@H]1CCNC1. The molecule has 2 aromatic rings. The molecule has 1 aliphatic rings. The molecule has 1 atom stereocenters. The Labute approximate surface area is 116 Å². The van der Waals surface area contributed by atoms with Crippen LogP contribution in [0.1, 0.15) is 6.42 Å². The van der Waals surface area contributed by atoms with Crippen LogP contribution in [-0.2, 0) is 9.84 Å². The molecule has 7 heteroatoms. The van der Waals surface area contributed by atoms with Gasteiger partial charge in [0.15, 0.2) is 0 Å². The number of halogens is 1. The Morgan fingerprint density at radius 3 is 2.78 bits per heavy atom. The maximum Gasteiger partial charge on any atom is 0.210 e. The molecule has 0 spiro atoms. The molecule has 1 saturated heterocycles. The second kappa shape index (κ2) is 5.13. The topological polar surface area (TPSA) is 59.1 Å². The highest BCUT2D eigenvalue weighted by molar-refractivity contribution is 7.94. The summed E-state index contributed by atoms with van der Waals surface area (Å²) in [4.78, 5) is 4.23. The molecule has 1 fully saturated rings. The van der Waals surface area contributed by atoms with Crippen molar-refractivity contribution in [2.75, 3.05) is 13.1 Å². The Bertz CT molecular complexity index is 615. The van der Waals surface area contributed by atoms with E-state index in [9.17, 15) is 8.42 Å². The number of sulfone groups is 1. The van der Waals surface area contributed by atoms with Gasteiger partial charge in [-0.15, -0.1) is 23.7 Å². The monoisotopic (exact) mass is 304 g/mol. The van der Waals surface area contributed by atoms with E-state index >= 15 is 0 Å². The van der Waals surface area contributed by atoms with Crippen LogP contribution >= 0.6 is 23.7 Å². The van der Waals surface area contributed by atoms with Gasteiger partial charge >= 0.3 is 0 Å². The minimum Gasteiger partial charge on any atom is -0.315 e. The predicted molar refractivity (Wildman–Crippen MR) is 75.3 cm³/mol. The molecule has 0 unspecified atom stereocenters. The molecular formula is C11H13ClN2O2S2. The summed E-state index contributed by atoms with van der Waals surface area (Å²) in [6.45, 7) is 1.31. The molecule has 1 aromatic heterocycles. The maximum absolute atomic E-state index is 12.3. The van der Waals surface area contributed by atoms with Crippen molar-refractivity contribution in [2.24, 2.45) is 0 Å². The number of thiazole rings is 1. The number of benzene rings is 1. The number of fused-ring (bicyclic) bond motifs is 1. The van der Waals surface area contributed by atoms with Gasteiger partial charge in [-0.3, -0.25) is 0 Å². The molecule has 1 N–H and O–H groups in total. The largest absolute Gasteiger partial charge is 0.315 e. The van der Waals surface area contributed by atoms with Crippen LogP contribution < -0.4 is 5.32 Å². The third kappa shape index (κ3) is 2.25. The van der Waals surface area contributed by atoms with Crippen LogP contribution in [0.25, 0.3) is 10.2 Å². The summed E-state index contributed by atoms with van der Waals surface area (Å²) in [5, 5.41) is 2.76. The number of aromatic nitrogens is 1. The Morgan fingerprint density at radius 2 is 2.11 bits per heavy atom. The molecule has 0 saturated carbocycles. The lowest BCUT2D eigenvalue weighted by molar-refractivity contribution is 0.582. The maximum atomic E-state index is 12.3. The molecule has 1 aliphatic heterocycles. The van der Waals surface area contributed by atoms with Crippen LogP contribution in [0.3, 0.4) is 0 Å². The highest BCUT2D eigenvalue weighted by Crippen LogP contribution is 2.29. The number of hydrogen-bond acceptors (Lipinski definition) is 5. The van der Waals surface area contributed by atoms with Crippen LogP contribution in [-0.4, -0.2) is 31.7 Å². The predicted octanol–water partition coefficient (Wildman–Crippen LogP) is 1.85. The zero-order chi connectivity index (χ0) is 11.9.